The third-order valence-corrected chi connectivity index (χ3v) is 6.86. The first-order valence-corrected chi connectivity index (χ1v) is 12.3. The van der Waals surface area contributed by atoms with E-state index in [1.54, 1.807) is 25.3 Å². The monoisotopic (exact) mass is 480 g/mol. The van der Waals surface area contributed by atoms with Gasteiger partial charge < -0.3 is 10.2 Å². The second-order valence-electron chi connectivity index (χ2n) is 8.80. The van der Waals surface area contributed by atoms with E-state index in [0.717, 1.165) is 29.2 Å². The second kappa shape index (κ2) is 10.4. The van der Waals surface area contributed by atoms with Crippen molar-refractivity contribution in [1.29, 1.82) is 0 Å². The lowest BCUT2D eigenvalue weighted by molar-refractivity contribution is -0.130. The number of carbonyl (C=O) groups is 2. The molecule has 1 fully saturated rings. The number of aromatic nitrogens is 1. The predicted octanol–water partition coefficient (Wildman–Crippen LogP) is 4.21. The Morgan fingerprint density at radius 3 is 2.50 bits per heavy atom. The largest absolute Gasteiger partial charge is 0.348 e. The minimum atomic E-state index is -0.319. The van der Waals surface area contributed by atoms with E-state index < -0.39 is 0 Å². The number of aryl methyl sites for hydroxylation is 1. The van der Waals surface area contributed by atoms with Gasteiger partial charge in [-0.15, -0.1) is 11.3 Å². The summed E-state index contributed by atoms with van der Waals surface area (Å²) in [5.74, 6) is -0.426. The molecular formula is C26H29FN4O2S. The van der Waals surface area contributed by atoms with Crippen LogP contribution in [-0.4, -0.2) is 65.4 Å². The summed E-state index contributed by atoms with van der Waals surface area (Å²) >= 11 is 1.48. The number of carbonyl (C=O) groups excluding carboxylic acids is 2. The van der Waals surface area contributed by atoms with Crippen LogP contribution in [0.2, 0.25) is 0 Å². The topological polar surface area (TPSA) is 65.5 Å². The highest BCUT2D eigenvalue weighted by molar-refractivity contribution is 7.13. The fourth-order valence-electron chi connectivity index (χ4n) is 4.24. The number of amides is 2. The lowest BCUT2D eigenvalue weighted by Crippen LogP contribution is -2.51. The van der Waals surface area contributed by atoms with Crippen LogP contribution < -0.4 is 5.32 Å². The first-order chi connectivity index (χ1) is 16.3. The fraction of sp³-hybridized carbons (Fsp3) is 0.346. The SMILES string of the molecule is CC(=O)N1CCN(C[C@@H](C)NC(=O)c2cc(-c3nccs3)cc(-c3ccc(C)cc3F)c2)CC1. The fourth-order valence-corrected chi connectivity index (χ4v) is 4.87. The van der Waals surface area contributed by atoms with Gasteiger partial charge in [-0.1, -0.05) is 12.1 Å². The molecular weight excluding hydrogens is 451 g/mol. The third-order valence-electron chi connectivity index (χ3n) is 6.04. The van der Waals surface area contributed by atoms with E-state index in [9.17, 15) is 14.0 Å². The summed E-state index contributed by atoms with van der Waals surface area (Å²) < 4.78 is 14.7. The molecule has 2 aromatic carbocycles. The Bertz CT molecular complexity index is 1170. The molecule has 4 rings (SSSR count). The van der Waals surface area contributed by atoms with Crippen molar-refractivity contribution in [2.24, 2.45) is 0 Å². The van der Waals surface area contributed by atoms with Gasteiger partial charge in [-0.05, 0) is 49.2 Å². The summed E-state index contributed by atoms with van der Waals surface area (Å²) in [6, 6.07) is 10.4. The number of piperazine rings is 1. The van der Waals surface area contributed by atoms with Crippen LogP contribution >= 0.6 is 11.3 Å². The normalized spacial score (nSPS) is 15.2. The van der Waals surface area contributed by atoms with Crippen LogP contribution in [0.1, 0.15) is 29.8 Å². The zero-order chi connectivity index (χ0) is 24.2. The molecule has 0 saturated carbocycles. The van der Waals surface area contributed by atoms with E-state index in [4.69, 9.17) is 0 Å². The summed E-state index contributed by atoms with van der Waals surface area (Å²) in [6.45, 7) is 9.10. The van der Waals surface area contributed by atoms with Gasteiger partial charge in [0.05, 0.1) is 0 Å². The Morgan fingerprint density at radius 1 is 1.12 bits per heavy atom. The molecule has 0 radical (unpaired) electrons. The first kappa shape index (κ1) is 24.0. The summed E-state index contributed by atoms with van der Waals surface area (Å²) in [6.07, 6.45) is 1.72. The third kappa shape index (κ3) is 5.69. The van der Waals surface area contributed by atoms with Crippen LogP contribution in [0.15, 0.2) is 48.0 Å². The molecule has 178 valence electrons. The number of thiazole rings is 1. The molecule has 2 amide bonds. The molecule has 1 aromatic heterocycles. The van der Waals surface area contributed by atoms with Crippen molar-refractivity contribution in [2.45, 2.75) is 26.8 Å². The Labute approximate surface area is 203 Å². The van der Waals surface area contributed by atoms with Gasteiger partial charge in [0, 0.05) is 74.0 Å². The molecule has 8 heteroatoms. The Morgan fingerprint density at radius 2 is 1.85 bits per heavy atom. The van der Waals surface area contributed by atoms with Gasteiger partial charge in [-0.2, -0.15) is 0 Å². The van der Waals surface area contributed by atoms with Crippen molar-refractivity contribution in [3.63, 3.8) is 0 Å². The molecule has 1 aliphatic rings. The number of hydrogen-bond acceptors (Lipinski definition) is 5. The lowest BCUT2D eigenvalue weighted by Gasteiger charge is -2.35. The highest BCUT2D eigenvalue weighted by atomic mass is 32.1. The maximum Gasteiger partial charge on any atom is 0.251 e. The predicted molar refractivity (Wildman–Crippen MR) is 133 cm³/mol. The van der Waals surface area contributed by atoms with Gasteiger partial charge in [-0.3, -0.25) is 14.5 Å². The van der Waals surface area contributed by atoms with E-state index in [-0.39, 0.29) is 23.7 Å². The average Bonchev–Trinajstić information content (AvgIpc) is 3.34. The van der Waals surface area contributed by atoms with E-state index in [0.29, 0.717) is 36.3 Å². The Balaban J connectivity index is 1.52. The van der Waals surface area contributed by atoms with Gasteiger partial charge >= 0.3 is 0 Å². The van der Waals surface area contributed by atoms with Crippen molar-refractivity contribution in [2.75, 3.05) is 32.7 Å². The van der Waals surface area contributed by atoms with Crippen LogP contribution in [0, 0.1) is 12.7 Å². The molecule has 1 saturated heterocycles. The van der Waals surface area contributed by atoms with Crippen molar-refractivity contribution >= 4 is 23.2 Å². The molecule has 6 nitrogen and oxygen atoms in total. The van der Waals surface area contributed by atoms with Crippen LogP contribution in [0.3, 0.4) is 0 Å². The number of hydrogen-bond donors (Lipinski definition) is 1. The molecule has 0 unspecified atom stereocenters. The van der Waals surface area contributed by atoms with Gasteiger partial charge in [-0.25, -0.2) is 9.37 Å². The van der Waals surface area contributed by atoms with Gasteiger partial charge in [0.15, 0.2) is 0 Å². The lowest BCUT2D eigenvalue weighted by atomic mass is 9.98. The van der Waals surface area contributed by atoms with Crippen LogP contribution in [-0.2, 0) is 4.79 Å². The summed E-state index contributed by atoms with van der Waals surface area (Å²) in [7, 11) is 0. The standard InChI is InChI=1S/C26H29FN4O2S/c1-17-4-5-23(24(27)12-17)20-13-21(15-22(14-20)26-28-6-11-34-26)25(33)29-18(2)16-30-7-9-31(10-8-30)19(3)32/h4-6,11-15,18H,7-10,16H2,1-3H3,(H,29,33)/t18-/m1/s1. The zero-order valence-corrected chi connectivity index (χ0v) is 20.5. The highest BCUT2D eigenvalue weighted by Gasteiger charge is 2.21. The number of nitrogens with zero attached hydrogens (tertiary/aromatic N) is 3. The summed E-state index contributed by atoms with van der Waals surface area (Å²) in [4.78, 5) is 33.2. The van der Waals surface area contributed by atoms with Crippen molar-refractivity contribution in [1.82, 2.24) is 20.1 Å². The zero-order valence-electron chi connectivity index (χ0n) is 19.7. The summed E-state index contributed by atoms with van der Waals surface area (Å²) in [5, 5.41) is 5.74. The first-order valence-electron chi connectivity index (χ1n) is 11.4. The minimum absolute atomic E-state index is 0.0838. The highest BCUT2D eigenvalue weighted by Crippen LogP contribution is 2.31. The molecule has 2 heterocycles. The van der Waals surface area contributed by atoms with E-state index in [2.05, 4.69) is 15.2 Å². The number of halogens is 1. The van der Waals surface area contributed by atoms with E-state index in [1.165, 1.54) is 17.4 Å². The second-order valence-corrected chi connectivity index (χ2v) is 9.70. The van der Waals surface area contributed by atoms with Gasteiger partial charge in [0.25, 0.3) is 5.91 Å². The van der Waals surface area contributed by atoms with Crippen LogP contribution in [0.5, 0.6) is 0 Å². The molecule has 34 heavy (non-hydrogen) atoms. The van der Waals surface area contributed by atoms with Crippen molar-refractivity contribution < 1.29 is 14.0 Å². The molecule has 0 spiro atoms. The van der Waals surface area contributed by atoms with Crippen molar-refractivity contribution in [3.8, 4) is 21.7 Å². The molecule has 1 atom stereocenters. The molecule has 0 bridgehead atoms. The number of nitrogens with one attached hydrogen (secondary N) is 1. The molecule has 1 N–H and O–H groups in total. The van der Waals surface area contributed by atoms with Crippen LogP contribution in [0.25, 0.3) is 21.7 Å². The maximum absolute atomic E-state index is 14.7. The molecule has 3 aromatic rings. The Hall–Kier alpha value is -3.10. The van der Waals surface area contributed by atoms with Gasteiger partial charge in [0.2, 0.25) is 5.91 Å². The Kier molecular flexibility index (Phi) is 7.38. The number of rotatable bonds is 6. The van der Waals surface area contributed by atoms with E-state index in [1.807, 2.05) is 42.3 Å². The average molecular weight is 481 g/mol. The molecule has 0 aliphatic carbocycles. The van der Waals surface area contributed by atoms with E-state index >= 15 is 0 Å². The summed E-state index contributed by atoms with van der Waals surface area (Å²) in [5.41, 5.74) is 3.19. The maximum atomic E-state index is 14.7. The smallest absolute Gasteiger partial charge is 0.251 e. The van der Waals surface area contributed by atoms with Crippen LogP contribution in [0.4, 0.5) is 4.39 Å². The number of benzene rings is 2. The molecule has 1 aliphatic heterocycles. The van der Waals surface area contributed by atoms with Gasteiger partial charge in [0.1, 0.15) is 10.8 Å². The quantitative estimate of drug-likeness (QED) is 0.574. The minimum Gasteiger partial charge on any atom is -0.348 e. The van der Waals surface area contributed by atoms with Crippen molar-refractivity contribution in [3.05, 3.63) is 64.9 Å².